The molecule has 0 fully saturated rings. The number of halogens is 1. The van der Waals surface area contributed by atoms with Crippen molar-refractivity contribution in [3.8, 4) is 5.75 Å². The van der Waals surface area contributed by atoms with Gasteiger partial charge < -0.3 is 15.4 Å². The number of aromatic nitrogens is 2. The van der Waals surface area contributed by atoms with E-state index in [4.69, 9.17) is 16.3 Å². The maximum absolute atomic E-state index is 12.7. The second-order valence-electron chi connectivity index (χ2n) is 5.92. The molecule has 0 aliphatic carbocycles. The summed E-state index contributed by atoms with van der Waals surface area (Å²) in [5, 5.41) is 6.50. The van der Waals surface area contributed by atoms with Gasteiger partial charge in [0.2, 0.25) is 0 Å². The number of benzene rings is 2. The van der Waals surface area contributed by atoms with E-state index in [0.717, 1.165) is 11.3 Å². The summed E-state index contributed by atoms with van der Waals surface area (Å²) >= 11 is 6.02. The number of rotatable bonds is 5. The predicted octanol–water partition coefficient (Wildman–Crippen LogP) is 4.75. The number of aryl methyl sites for hydroxylation is 2. The first kappa shape index (κ1) is 18.7. The average molecular weight is 383 g/mol. The van der Waals surface area contributed by atoms with E-state index in [1.165, 1.54) is 7.11 Å². The zero-order valence-electron chi connectivity index (χ0n) is 15.2. The number of para-hydroxylation sites is 1. The Kier molecular flexibility index (Phi) is 5.57. The van der Waals surface area contributed by atoms with Crippen LogP contribution in [0.1, 0.15) is 21.9 Å². The summed E-state index contributed by atoms with van der Waals surface area (Å²) in [7, 11) is 1.53. The number of amides is 1. The van der Waals surface area contributed by atoms with Gasteiger partial charge in [0.1, 0.15) is 23.1 Å². The molecule has 1 heterocycles. The number of carbonyl (C=O) groups is 1. The van der Waals surface area contributed by atoms with Crippen molar-refractivity contribution >= 4 is 34.7 Å². The van der Waals surface area contributed by atoms with Gasteiger partial charge in [0.05, 0.1) is 12.8 Å². The normalized spacial score (nSPS) is 10.4. The molecule has 2 aromatic carbocycles. The van der Waals surface area contributed by atoms with Gasteiger partial charge in [0, 0.05) is 16.8 Å². The predicted molar refractivity (Wildman–Crippen MR) is 107 cm³/mol. The molecule has 138 valence electrons. The number of nitrogens with one attached hydrogen (secondary N) is 2. The highest BCUT2D eigenvalue weighted by atomic mass is 35.5. The molecule has 0 radical (unpaired) electrons. The molecule has 3 rings (SSSR count). The Morgan fingerprint density at radius 3 is 2.56 bits per heavy atom. The summed E-state index contributed by atoms with van der Waals surface area (Å²) in [6, 6.07) is 14.4. The van der Waals surface area contributed by atoms with Crippen LogP contribution in [0, 0.1) is 13.8 Å². The number of methoxy groups -OCH3 is 1. The van der Waals surface area contributed by atoms with Crippen LogP contribution in [0.5, 0.6) is 5.75 Å². The number of hydrogen-bond acceptors (Lipinski definition) is 5. The van der Waals surface area contributed by atoms with E-state index in [0.29, 0.717) is 28.1 Å². The van der Waals surface area contributed by atoms with E-state index >= 15 is 0 Å². The second-order valence-corrected chi connectivity index (χ2v) is 6.36. The van der Waals surface area contributed by atoms with Gasteiger partial charge in [-0.25, -0.2) is 9.97 Å². The lowest BCUT2D eigenvalue weighted by molar-refractivity contribution is 0.102. The molecule has 0 aliphatic rings. The van der Waals surface area contributed by atoms with Crippen molar-refractivity contribution < 1.29 is 9.53 Å². The molecule has 2 N–H and O–H groups in total. The molecule has 1 amide bonds. The lowest BCUT2D eigenvalue weighted by Gasteiger charge is -2.12. The van der Waals surface area contributed by atoms with Gasteiger partial charge >= 0.3 is 0 Å². The van der Waals surface area contributed by atoms with Crippen molar-refractivity contribution in [2.75, 3.05) is 17.7 Å². The smallest absolute Gasteiger partial charge is 0.274 e. The molecule has 0 atom stereocenters. The minimum Gasteiger partial charge on any atom is -0.495 e. The first-order valence-corrected chi connectivity index (χ1v) is 8.67. The zero-order chi connectivity index (χ0) is 19.4. The Hall–Kier alpha value is -3.12. The van der Waals surface area contributed by atoms with Gasteiger partial charge in [-0.3, -0.25) is 4.79 Å². The maximum Gasteiger partial charge on any atom is 0.274 e. The van der Waals surface area contributed by atoms with Crippen LogP contribution >= 0.6 is 11.6 Å². The van der Waals surface area contributed by atoms with Crippen molar-refractivity contribution in [3.05, 3.63) is 70.6 Å². The number of ether oxygens (including phenoxy) is 1. The molecule has 0 bridgehead atoms. The summed E-state index contributed by atoms with van der Waals surface area (Å²) in [5.74, 6) is 1.16. The first-order valence-electron chi connectivity index (χ1n) is 8.29. The molecule has 27 heavy (non-hydrogen) atoms. The molecule has 0 spiro atoms. The van der Waals surface area contributed by atoms with Crippen molar-refractivity contribution in [2.24, 2.45) is 0 Å². The third-order valence-corrected chi connectivity index (χ3v) is 4.12. The fraction of sp³-hybridized carbons (Fsp3) is 0.150. The van der Waals surface area contributed by atoms with Crippen LogP contribution in [0.25, 0.3) is 0 Å². The summed E-state index contributed by atoms with van der Waals surface area (Å²) in [6.45, 7) is 3.73. The highest BCUT2D eigenvalue weighted by Gasteiger charge is 2.14. The molecular weight excluding hydrogens is 364 g/mol. The van der Waals surface area contributed by atoms with Gasteiger partial charge in [0.15, 0.2) is 0 Å². The Labute approximate surface area is 162 Å². The van der Waals surface area contributed by atoms with Crippen LogP contribution in [-0.2, 0) is 0 Å². The standard InChI is InChI=1S/C20H19ClN4O2/c1-12-6-4-5-7-15(12)24-19-11-17(22-13(2)23-19)20(26)25-16-10-14(21)8-9-18(16)27-3/h4-11H,1-3H3,(H,25,26)(H,22,23,24). The number of anilines is 3. The number of hydrogen-bond donors (Lipinski definition) is 2. The van der Waals surface area contributed by atoms with Crippen molar-refractivity contribution in [3.63, 3.8) is 0 Å². The third-order valence-electron chi connectivity index (χ3n) is 3.89. The number of nitrogens with zero attached hydrogens (tertiary/aromatic N) is 2. The SMILES string of the molecule is COc1ccc(Cl)cc1NC(=O)c1cc(Nc2ccccc2C)nc(C)n1. The lowest BCUT2D eigenvalue weighted by atomic mass is 10.2. The topological polar surface area (TPSA) is 76.1 Å². The Bertz CT molecular complexity index is 991. The fourth-order valence-electron chi connectivity index (χ4n) is 2.56. The first-order chi connectivity index (χ1) is 13.0. The molecule has 3 aromatic rings. The van der Waals surface area contributed by atoms with E-state index in [-0.39, 0.29) is 11.6 Å². The monoisotopic (exact) mass is 382 g/mol. The molecule has 0 saturated carbocycles. The summed E-state index contributed by atoms with van der Waals surface area (Å²) in [4.78, 5) is 21.3. The Balaban J connectivity index is 1.86. The molecular formula is C20H19ClN4O2. The van der Waals surface area contributed by atoms with Gasteiger partial charge in [-0.05, 0) is 43.7 Å². The summed E-state index contributed by atoms with van der Waals surface area (Å²) in [5.41, 5.74) is 2.70. The maximum atomic E-state index is 12.7. The van der Waals surface area contributed by atoms with Crippen LogP contribution < -0.4 is 15.4 Å². The molecule has 0 unspecified atom stereocenters. The average Bonchev–Trinajstić information content (AvgIpc) is 2.63. The van der Waals surface area contributed by atoms with E-state index in [9.17, 15) is 4.79 Å². The Morgan fingerprint density at radius 1 is 1.04 bits per heavy atom. The summed E-state index contributed by atoms with van der Waals surface area (Å²) in [6.07, 6.45) is 0. The van der Waals surface area contributed by atoms with Crippen molar-refractivity contribution in [1.29, 1.82) is 0 Å². The molecule has 7 heteroatoms. The van der Waals surface area contributed by atoms with Crippen molar-refractivity contribution in [2.45, 2.75) is 13.8 Å². The highest BCUT2D eigenvalue weighted by molar-refractivity contribution is 6.31. The molecule has 0 saturated heterocycles. The lowest BCUT2D eigenvalue weighted by Crippen LogP contribution is -2.16. The van der Waals surface area contributed by atoms with E-state index in [1.54, 1.807) is 31.2 Å². The van der Waals surface area contributed by atoms with Gasteiger partial charge in [0.25, 0.3) is 5.91 Å². The fourth-order valence-corrected chi connectivity index (χ4v) is 2.74. The highest BCUT2D eigenvalue weighted by Crippen LogP contribution is 2.28. The quantitative estimate of drug-likeness (QED) is 0.665. The van der Waals surface area contributed by atoms with Crippen LogP contribution in [0.3, 0.4) is 0 Å². The molecule has 1 aromatic heterocycles. The van der Waals surface area contributed by atoms with Gasteiger partial charge in [-0.2, -0.15) is 0 Å². The van der Waals surface area contributed by atoms with E-state index in [1.807, 2.05) is 31.2 Å². The zero-order valence-corrected chi connectivity index (χ0v) is 16.0. The van der Waals surface area contributed by atoms with E-state index < -0.39 is 0 Å². The van der Waals surface area contributed by atoms with Gasteiger partial charge in [-0.15, -0.1) is 0 Å². The van der Waals surface area contributed by atoms with Gasteiger partial charge in [-0.1, -0.05) is 29.8 Å². The minimum absolute atomic E-state index is 0.237. The third kappa shape index (κ3) is 4.54. The largest absolute Gasteiger partial charge is 0.495 e. The second kappa shape index (κ2) is 8.05. The molecule has 0 aliphatic heterocycles. The van der Waals surface area contributed by atoms with Crippen molar-refractivity contribution in [1.82, 2.24) is 9.97 Å². The van der Waals surface area contributed by atoms with Crippen LogP contribution in [0.4, 0.5) is 17.2 Å². The van der Waals surface area contributed by atoms with Crippen LogP contribution in [0.2, 0.25) is 5.02 Å². The summed E-state index contributed by atoms with van der Waals surface area (Å²) < 4.78 is 5.26. The number of carbonyl (C=O) groups excluding carboxylic acids is 1. The Morgan fingerprint density at radius 2 is 1.81 bits per heavy atom. The minimum atomic E-state index is -0.381. The van der Waals surface area contributed by atoms with Crippen LogP contribution in [0.15, 0.2) is 48.5 Å². The van der Waals surface area contributed by atoms with Crippen LogP contribution in [-0.4, -0.2) is 23.0 Å². The van der Waals surface area contributed by atoms with E-state index in [2.05, 4.69) is 20.6 Å². The molecule has 6 nitrogen and oxygen atoms in total.